The number of carbonyl (C=O) groups excluding carboxylic acids is 2. The third kappa shape index (κ3) is 10.7. The number of hydrogen-bond donors (Lipinski definition) is 3. The van der Waals surface area contributed by atoms with E-state index in [1.54, 1.807) is 0 Å². The maximum atomic E-state index is 13.5. The molecule has 2 amide bonds. The van der Waals surface area contributed by atoms with E-state index in [4.69, 9.17) is 15.0 Å². The molecular weight excluding hydrogens is 371 g/mol. The molecule has 152 valence electrons. The van der Waals surface area contributed by atoms with Crippen molar-refractivity contribution in [2.24, 2.45) is 0 Å². The molecule has 0 aliphatic carbocycles. The Morgan fingerprint density at radius 2 is 1.67 bits per heavy atom. The van der Waals surface area contributed by atoms with E-state index in [2.05, 4.69) is 5.32 Å². The van der Waals surface area contributed by atoms with Crippen molar-refractivity contribution < 1.29 is 42.3 Å². The molecule has 0 saturated heterocycles. The van der Waals surface area contributed by atoms with Crippen LogP contribution in [0.2, 0.25) is 0 Å². The average molecular weight is 393 g/mol. The van der Waals surface area contributed by atoms with Crippen LogP contribution in [0, 0.1) is 17.5 Å². The number of hydrogen-bond acceptors (Lipinski definition) is 4. The number of aliphatic carboxylic acids is 2. The summed E-state index contributed by atoms with van der Waals surface area (Å²) in [6.45, 7) is 1.28. The number of carbonyl (C=O) groups is 3. The van der Waals surface area contributed by atoms with Gasteiger partial charge in [-0.15, -0.1) is 0 Å². The summed E-state index contributed by atoms with van der Waals surface area (Å²) in [5.41, 5.74) is -0.541. The third-order valence-electron chi connectivity index (χ3n) is 2.81. The van der Waals surface area contributed by atoms with Gasteiger partial charge in [0.1, 0.15) is 0 Å². The van der Waals surface area contributed by atoms with E-state index < -0.39 is 47.2 Å². The van der Waals surface area contributed by atoms with Crippen molar-refractivity contribution in [2.75, 3.05) is 33.0 Å². The summed E-state index contributed by atoms with van der Waals surface area (Å²) in [5, 5.41) is 22.2. The molecule has 3 N–H and O–H groups in total. The molecule has 0 aromatic heterocycles. The molecule has 1 atom stereocenters. The van der Waals surface area contributed by atoms with E-state index >= 15 is 0 Å². The van der Waals surface area contributed by atoms with E-state index in [1.807, 2.05) is 26.5 Å². The van der Waals surface area contributed by atoms with Crippen LogP contribution in [-0.2, 0) is 9.59 Å². The molecule has 8 nitrogen and oxygen atoms in total. The van der Waals surface area contributed by atoms with E-state index in [1.165, 1.54) is 0 Å². The number of anilines is 1. The van der Waals surface area contributed by atoms with E-state index in [0.29, 0.717) is 17.1 Å². The fourth-order valence-corrected chi connectivity index (χ4v) is 2.00. The first-order chi connectivity index (χ1) is 12.2. The molecule has 0 fully saturated rings. The van der Waals surface area contributed by atoms with Crippen LogP contribution in [0.3, 0.4) is 0 Å². The van der Waals surface area contributed by atoms with Crippen LogP contribution >= 0.6 is 0 Å². The molecule has 1 aromatic rings. The fourth-order valence-electron chi connectivity index (χ4n) is 2.00. The maximum Gasteiger partial charge on any atom is 0.319 e. The van der Waals surface area contributed by atoms with Crippen molar-refractivity contribution in [2.45, 2.75) is 19.4 Å². The largest absolute Gasteiger partial charge is 0.550 e. The number of nitrogens with zero attached hydrogens (tertiary/aromatic N) is 1. The average Bonchev–Trinajstić information content (AvgIpc) is 2.44. The quantitative estimate of drug-likeness (QED) is 0.481. The lowest BCUT2D eigenvalue weighted by Crippen LogP contribution is -2.50. The highest BCUT2D eigenvalue weighted by atomic mass is 19.2. The molecule has 0 radical (unpaired) electrons. The minimum absolute atomic E-state index is 0.306. The summed E-state index contributed by atoms with van der Waals surface area (Å²) >= 11 is 0. The lowest BCUT2D eigenvalue weighted by atomic mass is 10.2. The lowest BCUT2D eigenvalue weighted by molar-refractivity contribution is -0.871. The summed E-state index contributed by atoms with van der Waals surface area (Å²) in [5.74, 6) is -6.79. The van der Waals surface area contributed by atoms with Crippen molar-refractivity contribution in [1.82, 2.24) is 5.32 Å². The Morgan fingerprint density at radius 3 is 2.11 bits per heavy atom. The molecule has 0 bridgehead atoms. The number of halogens is 3. The van der Waals surface area contributed by atoms with Crippen LogP contribution in [0.5, 0.6) is 0 Å². The number of nitrogens with one attached hydrogen (secondary N) is 2. The molecule has 0 aliphatic heterocycles. The van der Waals surface area contributed by atoms with Crippen LogP contribution in [0.1, 0.15) is 13.3 Å². The van der Waals surface area contributed by atoms with Crippen LogP contribution in [0.25, 0.3) is 0 Å². The highest BCUT2D eigenvalue weighted by molar-refractivity contribution is 5.89. The predicted octanol–water partition coefficient (Wildman–Crippen LogP) is 0.531. The second-order valence-corrected chi connectivity index (χ2v) is 6.58. The SMILES string of the molecule is CC(=O)[O-].C[N+](C)(C)C[C@@H](CC(=O)O)NC(=O)Nc1ccc(F)c(F)c1F. The van der Waals surface area contributed by atoms with Gasteiger partial charge in [-0.1, -0.05) is 0 Å². The minimum atomic E-state index is -1.70. The Bertz CT molecular complexity index is 689. The Morgan fingerprint density at radius 1 is 1.15 bits per heavy atom. The van der Waals surface area contributed by atoms with E-state index in [-0.39, 0.29) is 6.42 Å². The van der Waals surface area contributed by atoms with Crippen LogP contribution in [-0.4, -0.2) is 61.3 Å². The molecule has 1 rings (SSSR count). The van der Waals surface area contributed by atoms with Gasteiger partial charge in [0.2, 0.25) is 0 Å². The van der Waals surface area contributed by atoms with Crippen molar-refractivity contribution in [3.05, 3.63) is 29.6 Å². The summed E-state index contributed by atoms with van der Waals surface area (Å²) < 4.78 is 39.8. The summed E-state index contributed by atoms with van der Waals surface area (Å²) in [6.07, 6.45) is -0.330. The van der Waals surface area contributed by atoms with Gasteiger partial charge in [0.25, 0.3) is 0 Å². The molecular formula is C16H22F3N3O5. The zero-order valence-electron chi connectivity index (χ0n) is 15.3. The maximum absolute atomic E-state index is 13.5. The van der Waals surface area contributed by atoms with Gasteiger partial charge in [-0.05, 0) is 19.1 Å². The Labute approximate surface area is 154 Å². The van der Waals surface area contributed by atoms with Gasteiger partial charge >= 0.3 is 12.0 Å². The van der Waals surface area contributed by atoms with Gasteiger partial charge in [-0.2, -0.15) is 0 Å². The predicted molar refractivity (Wildman–Crippen MR) is 88.1 cm³/mol. The number of benzene rings is 1. The highest BCUT2D eigenvalue weighted by Gasteiger charge is 2.23. The highest BCUT2D eigenvalue weighted by Crippen LogP contribution is 2.19. The first-order valence-electron chi connectivity index (χ1n) is 7.63. The Balaban J connectivity index is 0.00000153. The summed E-state index contributed by atoms with van der Waals surface area (Å²) in [6, 6.07) is -0.0794. The number of rotatable bonds is 6. The zero-order valence-corrected chi connectivity index (χ0v) is 15.3. The zero-order chi connectivity index (χ0) is 21.4. The number of urea groups is 1. The smallest absolute Gasteiger partial charge is 0.319 e. The Kier molecular flexibility index (Phi) is 9.28. The molecule has 0 heterocycles. The lowest BCUT2D eigenvalue weighted by Gasteiger charge is -2.29. The standard InChI is InChI=1S/C14H18F3N3O3.C2H4O2/c1-20(2,3)7-8(6-11(21)22)18-14(23)19-10-5-4-9(15)12(16)13(10)17;1-2(3)4/h4-5,8H,6-7H2,1-3H3,(H2-,18,19,21,22,23);1H3,(H,3,4)/t8-;/m1./s1. The van der Waals surface area contributed by atoms with Crippen LogP contribution < -0.4 is 15.7 Å². The van der Waals surface area contributed by atoms with Gasteiger partial charge in [-0.3, -0.25) is 4.79 Å². The summed E-state index contributed by atoms with van der Waals surface area (Å²) in [4.78, 5) is 31.6. The minimum Gasteiger partial charge on any atom is -0.550 e. The Hall–Kier alpha value is -2.82. The van der Waals surface area contributed by atoms with Gasteiger partial charge in [-0.25, -0.2) is 18.0 Å². The van der Waals surface area contributed by atoms with Gasteiger partial charge in [0, 0.05) is 5.97 Å². The summed E-state index contributed by atoms with van der Waals surface area (Å²) in [7, 11) is 5.43. The number of carboxylic acids is 2. The fraction of sp³-hybridized carbons (Fsp3) is 0.438. The van der Waals surface area contributed by atoms with Gasteiger partial charge in [0.15, 0.2) is 17.5 Å². The van der Waals surface area contributed by atoms with Crippen molar-refractivity contribution in [3.8, 4) is 0 Å². The van der Waals surface area contributed by atoms with Gasteiger partial charge in [0.05, 0.1) is 45.8 Å². The first-order valence-corrected chi connectivity index (χ1v) is 7.63. The second-order valence-electron chi connectivity index (χ2n) is 6.58. The van der Waals surface area contributed by atoms with Crippen molar-refractivity contribution >= 4 is 23.7 Å². The normalized spacial score (nSPS) is 11.7. The number of quaternary nitrogens is 1. The van der Waals surface area contributed by atoms with Crippen LogP contribution in [0.15, 0.2) is 12.1 Å². The molecule has 0 aliphatic rings. The molecule has 0 spiro atoms. The van der Waals surface area contributed by atoms with Crippen molar-refractivity contribution in [1.29, 1.82) is 0 Å². The topological polar surface area (TPSA) is 119 Å². The molecule has 1 aromatic carbocycles. The first kappa shape index (κ1) is 24.2. The number of amides is 2. The van der Waals surface area contributed by atoms with E-state index in [9.17, 15) is 22.8 Å². The number of carboxylic acid groups (broad SMARTS) is 2. The third-order valence-corrected chi connectivity index (χ3v) is 2.81. The van der Waals surface area contributed by atoms with Crippen molar-refractivity contribution in [3.63, 3.8) is 0 Å². The molecule has 27 heavy (non-hydrogen) atoms. The van der Waals surface area contributed by atoms with Crippen LogP contribution in [0.4, 0.5) is 23.7 Å². The monoisotopic (exact) mass is 393 g/mol. The van der Waals surface area contributed by atoms with Gasteiger partial charge < -0.3 is 30.1 Å². The molecule has 0 unspecified atom stereocenters. The second kappa shape index (κ2) is 10.4. The number of likely N-dealkylation sites (N-methyl/N-ethyl adjacent to an activating group) is 1. The van der Waals surface area contributed by atoms with E-state index in [0.717, 1.165) is 13.0 Å². The molecule has 0 saturated carbocycles. The molecule has 11 heteroatoms.